The maximum Gasteiger partial charge on any atom is 0.412 e. The summed E-state index contributed by atoms with van der Waals surface area (Å²) in [5.74, 6) is 0. The molecule has 2 aliphatic heterocycles. The van der Waals surface area contributed by atoms with E-state index in [0.717, 1.165) is 21.2 Å². The van der Waals surface area contributed by atoms with Gasteiger partial charge in [0.15, 0.2) is 0 Å². The fourth-order valence-corrected chi connectivity index (χ4v) is 5.45. The van der Waals surface area contributed by atoms with Crippen molar-refractivity contribution in [1.82, 2.24) is 14.9 Å². The molecule has 7 heteroatoms. The summed E-state index contributed by atoms with van der Waals surface area (Å²) < 4.78 is 5.26. The first kappa shape index (κ1) is 13.9. The van der Waals surface area contributed by atoms with Gasteiger partial charge in [0.1, 0.15) is 15.8 Å². The van der Waals surface area contributed by atoms with Gasteiger partial charge in [-0.05, 0) is 25.1 Å². The Balaban J connectivity index is 1.85. The molecule has 1 amide bonds. The Kier molecular flexibility index (Phi) is 3.46. The molecule has 2 bridgehead atoms. The van der Waals surface area contributed by atoms with Gasteiger partial charge in [-0.3, -0.25) is 9.88 Å². The highest BCUT2D eigenvalue weighted by Crippen LogP contribution is 2.59. The van der Waals surface area contributed by atoms with Crippen molar-refractivity contribution < 1.29 is 9.53 Å². The summed E-state index contributed by atoms with van der Waals surface area (Å²) in [6.07, 6.45) is 3.24. The number of pyridine rings is 2. The standard InChI is InChI=1S/C15H13N3O2S2/c1-2-20-15(19)18-13-9-5-3-8-17-12(9)22-14(18)11-10(21-13)6-4-7-16-11/h3-8,13-14H,2H2,1H3/t13-,14-/m1/s1. The average Bonchev–Trinajstić information content (AvgIpc) is 2.55. The smallest absolute Gasteiger partial charge is 0.412 e. The van der Waals surface area contributed by atoms with Crippen molar-refractivity contribution >= 4 is 29.6 Å². The zero-order valence-electron chi connectivity index (χ0n) is 11.8. The predicted molar refractivity (Wildman–Crippen MR) is 84.5 cm³/mol. The molecular weight excluding hydrogens is 318 g/mol. The normalized spacial score (nSPS) is 21.8. The molecule has 0 spiro atoms. The van der Waals surface area contributed by atoms with Gasteiger partial charge in [-0.1, -0.05) is 29.6 Å². The molecule has 0 aromatic carbocycles. The molecule has 112 valence electrons. The highest BCUT2D eigenvalue weighted by atomic mass is 32.2. The van der Waals surface area contributed by atoms with Crippen LogP contribution in [0.15, 0.2) is 46.6 Å². The Morgan fingerprint density at radius 2 is 2.05 bits per heavy atom. The quantitative estimate of drug-likeness (QED) is 0.791. The molecular formula is C15H13N3O2S2. The van der Waals surface area contributed by atoms with Gasteiger partial charge < -0.3 is 4.74 Å². The van der Waals surface area contributed by atoms with Crippen molar-refractivity contribution in [2.75, 3.05) is 6.61 Å². The SMILES string of the molecule is CCOC(=O)N1[C@@H]2Sc3cccnc3[C@H]1Sc1ncccc12. The first-order valence-corrected chi connectivity index (χ1v) is 8.73. The minimum absolute atomic E-state index is 0.120. The highest BCUT2D eigenvalue weighted by molar-refractivity contribution is 8.01. The van der Waals surface area contributed by atoms with Gasteiger partial charge in [-0.25, -0.2) is 9.78 Å². The third kappa shape index (κ3) is 2.07. The summed E-state index contributed by atoms with van der Waals surface area (Å²) in [7, 11) is 0. The van der Waals surface area contributed by atoms with E-state index in [9.17, 15) is 4.79 Å². The van der Waals surface area contributed by atoms with Crippen LogP contribution in [0.3, 0.4) is 0 Å². The van der Waals surface area contributed by atoms with E-state index in [0.29, 0.717) is 6.61 Å². The van der Waals surface area contributed by atoms with Crippen LogP contribution in [0.25, 0.3) is 0 Å². The molecule has 5 nitrogen and oxygen atoms in total. The second-order valence-corrected chi connectivity index (χ2v) is 7.02. The molecule has 0 saturated heterocycles. The fourth-order valence-electron chi connectivity index (χ4n) is 2.63. The summed E-state index contributed by atoms with van der Waals surface area (Å²) in [5.41, 5.74) is 1.95. The molecule has 4 heterocycles. The molecule has 0 N–H and O–H groups in total. The minimum atomic E-state index is -0.302. The Bertz CT molecular complexity index is 687. The van der Waals surface area contributed by atoms with Crippen molar-refractivity contribution in [1.29, 1.82) is 0 Å². The van der Waals surface area contributed by atoms with Gasteiger partial charge in [0.25, 0.3) is 0 Å². The van der Waals surface area contributed by atoms with Gasteiger partial charge in [-0.15, -0.1) is 0 Å². The Hall–Kier alpha value is -1.73. The predicted octanol–water partition coefficient (Wildman–Crippen LogP) is 3.84. The lowest BCUT2D eigenvalue weighted by atomic mass is 10.2. The van der Waals surface area contributed by atoms with Crippen LogP contribution in [0.2, 0.25) is 0 Å². The number of carbonyl (C=O) groups is 1. The van der Waals surface area contributed by atoms with Crippen molar-refractivity contribution in [2.45, 2.75) is 27.6 Å². The van der Waals surface area contributed by atoms with E-state index in [4.69, 9.17) is 4.74 Å². The summed E-state index contributed by atoms with van der Waals surface area (Å²) in [6, 6.07) is 7.91. The summed E-state index contributed by atoms with van der Waals surface area (Å²) >= 11 is 3.18. The number of carbonyl (C=O) groups excluding carboxylic acids is 1. The molecule has 0 radical (unpaired) electrons. The van der Waals surface area contributed by atoms with Crippen molar-refractivity contribution in [3.63, 3.8) is 0 Å². The molecule has 2 aromatic rings. The molecule has 2 aliphatic rings. The topological polar surface area (TPSA) is 55.3 Å². The lowest BCUT2D eigenvalue weighted by Crippen LogP contribution is -2.41. The Labute approximate surface area is 136 Å². The van der Waals surface area contributed by atoms with E-state index < -0.39 is 0 Å². The summed E-state index contributed by atoms with van der Waals surface area (Å²) in [5, 5.41) is 0.649. The second kappa shape index (κ2) is 5.48. The van der Waals surface area contributed by atoms with Gasteiger partial charge in [-0.2, -0.15) is 0 Å². The number of hydrogen-bond donors (Lipinski definition) is 0. The zero-order chi connectivity index (χ0) is 15.1. The van der Waals surface area contributed by atoms with Gasteiger partial charge in [0.2, 0.25) is 0 Å². The van der Waals surface area contributed by atoms with Crippen LogP contribution in [-0.2, 0) is 4.74 Å². The molecule has 2 aromatic heterocycles. The molecule has 22 heavy (non-hydrogen) atoms. The third-order valence-electron chi connectivity index (χ3n) is 3.55. The van der Waals surface area contributed by atoms with Crippen LogP contribution in [0.5, 0.6) is 0 Å². The second-order valence-electron chi connectivity index (χ2n) is 4.83. The van der Waals surface area contributed by atoms with E-state index in [1.165, 1.54) is 0 Å². The maximum absolute atomic E-state index is 12.5. The van der Waals surface area contributed by atoms with E-state index in [-0.39, 0.29) is 16.8 Å². The lowest BCUT2D eigenvalue weighted by molar-refractivity contribution is 0.0950. The van der Waals surface area contributed by atoms with Gasteiger partial charge in [0, 0.05) is 22.9 Å². The number of nitrogens with zero attached hydrogens (tertiary/aromatic N) is 3. The van der Waals surface area contributed by atoms with E-state index in [1.807, 2.05) is 25.1 Å². The molecule has 0 unspecified atom stereocenters. The number of rotatable bonds is 1. The van der Waals surface area contributed by atoms with E-state index in [2.05, 4.69) is 16.0 Å². The van der Waals surface area contributed by atoms with Gasteiger partial charge >= 0.3 is 6.09 Å². The van der Waals surface area contributed by atoms with Crippen LogP contribution < -0.4 is 0 Å². The lowest BCUT2D eigenvalue weighted by Gasteiger charge is -2.44. The summed E-state index contributed by atoms with van der Waals surface area (Å²) in [6.45, 7) is 2.18. The van der Waals surface area contributed by atoms with Crippen LogP contribution in [0, 0.1) is 0 Å². The molecule has 4 rings (SSSR count). The first-order chi connectivity index (χ1) is 10.8. The number of fused-ring (bicyclic) bond motifs is 6. The van der Waals surface area contributed by atoms with Crippen LogP contribution >= 0.6 is 23.5 Å². The molecule has 0 aliphatic carbocycles. The van der Waals surface area contributed by atoms with Crippen LogP contribution in [0.1, 0.15) is 28.9 Å². The van der Waals surface area contributed by atoms with Crippen LogP contribution in [-0.4, -0.2) is 27.6 Å². The van der Waals surface area contributed by atoms with Crippen molar-refractivity contribution in [3.8, 4) is 0 Å². The van der Waals surface area contributed by atoms with E-state index >= 15 is 0 Å². The van der Waals surface area contributed by atoms with Crippen LogP contribution in [0.4, 0.5) is 4.79 Å². The molecule has 0 fully saturated rings. The number of ether oxygens (including phenoxy) is 1. The fraction of sp³-hybridized carbons (Fsp3) is 0.267. The molecule has 2 atom stereocenters. The third-order valence-corrected chi connectivity index (χ3v) is 6.09. The Morgan fingerprint density at radius 1 is 1.23 bits per heavy atom. The van der Waals surface area contributed by atoms with E-state index in [1.54, 1.807) is 40.8 Å². The zero-order valence-corrected chi connectivity index (χ0v) is 13.4. The van der Waals surface area contributed by atoms with Gasteiger partial charge in [0.05, 0.1) is 12.3 Å². The summed E-state index contributed by atoms with van der Waals surface area (Å²) in [4.78, 5) is 24.3. The number of hydrogen-bond acceptors (Lipinski definition) is 6. The number of aromatic nitrogens is 2. The monoisotopic (exact) mass is 331 g/mol. The van der Waals surface area contributed by atoms with Crippen molar-refractivity contribution in [2.24, 2.45) is 0 Å². The first-order valence-electron chi connectivity index (χ1n) is 6.98. The Morgan fingerprint density at radius 3 is 2.91 bits per heavy atom. The minimum Gasteiger partial charge on any atom is -0.450 e. The largest absolute Gasteiger partial charge is 0.450 e. The number of thioether (sulfide) groups is 2. The average molecular weight is 331 g/mol. The highest BCUT2D eigenvalue weighted by Gasteiger charge is 2.46. The van der Waals surface area contributed by atoms with Crippen molar-refractivity contribution in [3.05, 3.63) is 47.9 Å². The number of amides is 1. The maximum atomic E-state index is 12.5. The molecule has 0 saturated carbocycles.